The molecule has 124 valence electrons. The summed E-state index contributed by atoms with van der Waals surface area (Å²) in [5.41, 5.74) is 2.70. The lowest BCUT2D eigenvalue weighted by Gasteiger charge is -2.20. The molecule has 0 aromatic heterocycles. The quantitative estimate of drug-likeness (QED) is 0.663. The molecule has 2 aromatic carbocycles. The van der Waals surface area contributed by atoms with E-state index in [2.05, 4.69) is 58.1 Å². The second kappa shape index (κ2) is 9.74. The number of nitrogens with zero attached hydrogens (tertiary/aromatic N) is 1. The van der Waals surface area contributed by atoms with E-state index in [1.165, 1.54) is 17.5 Å². The van der Waals surface area contributed by atoms with Crippen LogP contribution in [0.15, 0.2) is 53.0 Å². The first-order valence-corrected chi connectivity index (χ1v) is 9.22. The van der Waals surface area contributed by atoms with Gasteiger partial charge in [-0.15, -0.1) is 0 Å². The van der Waals surface area contributed by atoms with Crippen LogP contribution in [0.5, 0.6) is 5.75 Å². The summed E-state index contributed by atoms with van der Waals surface area (Å²) in [5, 5.41) is 9.53. The lowest BCUT2D eigenvalue weighted by atomic mass is 10.1. The number of hydrogen-bond acceptors (Lipinski definition) is 2. The van der Waals surface area contributed by atoms with Crippen molar-refractivity contribution in [3.05, 3.63) is 64.1 Å². The maximum absolute atomic E-state index is 9.53. The second-order valence-electron chi connectivity index (χ2n) is 5.91. The van der Waals surface area contributed by atoms with Crippen molar-refractivity contribution >= 4 is 15.9 Å². The average molecular weight is 376 g/mol. The van der Waals surface area contributed by atoms with Gasteiger partial charge in [-0.05, 0) is 84.5 Å². The predicted octanol–water partition coefficient (Wildman–Crippen LogP) is 5.04. The third-order valence-corrected chi connectivity index (χ3v) is 4.82. The van der Waals surface area contributed by atoms with Crippen molar-refractivity contribution in [3.8, 4) is 5.75 Å². The van der Waals surface area contributed by atoms with Crippen LogP contribution in [0.4, 0.5) is 0 Å². The van der Waals surface area contributed by atoms with Gasteiger partial charge in [0.15, 0.2) is 0 Å². The molecular formula is C20H26BrNO. The monoisotopic (exact) mass is 375 g/mol. The molecule has 2 rings (SSSR count). The predicted molar refractivity (Wildman–Crippen MR) is 101 cm³/mol. The Morgan fingerprint density at radius 3 is 2.17 bits per heavy atom. The molecule has 0 aliphatic carbocycles. The molecule has 0 aliphatic heterocycles. The van der Waals surface area contributed by atoms with Crippen LogP contribution in [0.1, 0.15) is 30.9 Å². The first-order valence-electron chi connectivity index (χ1n) is 8.42. The standard InChI is InChI=1S/C20H26BrNO/c1-2-22(14-6-10-17-8-4-3-5-9-17)15-7-11-18-12-13-20(23)19(21)16-18/h3-5,8-9,12-13,16,23H,2,6-7,10-11,14-15H2,1H3. The molecule has 0 saturated carbocycles. The van der Waals surface area contributed by atoms with Crippen LogP contribution in [0, 0.1) is 0 Å². The fraction of sp³-hybridized carbons (Fsp3) is 0.400. The van der Waals surface area contributed by atoms with Gasteiger partial charge in [-0.2, -0.15) is 0 Å². The lowest BCUT2D eigenvalue weighted by Crippen LogP contribution is -2.26. The number of benzene rings is 2. The number of rotatable bonds is 9. The minimum Gasteiger partial charge on any atom is -0.507 e. The topological polar surface area (TPSA) is 23.5 Å². The Balaban J connectivity index is 1.69. The van der Waals surface area contributed by atoms with Crippen molar-refractivity contribution in [1.82, 2.24) is 4.90 Å². The van der Waals surface area contributed by atoms with Crippen LogP contribution in [0.2, 0.25) is 0 Å². The third-order valence-electron chi connectivity index (χ3n) is 4.18. The molecule has 2 aromatic rings. The molecule has 0 unspecified atom stereocenters. The zero-order valence-electron chi connectivity index (χ0n) is 13.8. The summed E-state index contributed by atoms with van der Waals surface area (Å²) in [6.45, 7) is 5.63. The molecule has 0 aliphatic rings. The Kier molecular flexibility index (Phi) is 7.63. The van der Waals surface area contributed by atoms with Crippen molar-refractivity contribution in [3.63, 3.8) is 0 Å². The Labute approximate surface area is 148 Å². The Morgan fingerprint density at radius 2 is 1.57 bits per heavy atom. The zero-order valence-corrected chi connectivity index (χ0v) is 15.4. The van der Waals surface area contributed by atoms with Gasteiger partial charge in [0, 0.05) is 0 Å². The Morgan fingerprint density at radius 1 is 0.913 bits per heavy atom. The van der Waals surface area contributed by atoms with Crippen LogP contribution in [0.25, 0.3) is 0 Å². The molecule has 0 heterocycles. The molecule has 0 bridgehead atoms. The number of halogens is 1. The van der Waals surface area contributed by atoms with Crippen molar-refractivity contribution in [2.45, 2.75) is 32.6 Å². The summed E-state index contributed by atoms with van der Waals surface area (Å²) in [6.07, 6.45) is 4.56. The van der Waals surface area contributed by atoms with Gasteiger partial charge in [0.05, 0.1) is 4.47 Å². The van der Waals surface area contributed by atoms with Gasteiger partial charge < -0.3 is 10.0 Å². The van der Waals surface area contributed by atoms with E-state index in [1.54, 1.807) is 6.07 Å². The largest absolute Gasteiger partial charge is 0.507 e. The number of hydrogen-bond donors (Lipinski definition) is 1. The smallest absolute Gasteiger partial charge is 0.129 e. The molecule has 0 spiro atoms. The van der Waals surface area contributed by atoms with E-state index < -0.39 is 0 Å². The van der Waals surface area contributed by atoms with E-state index in [-0.39, 0.29) is 0 Å². The van der Waals surface area contributed by atoms with Gasteiger partial charge in [0.1, 0.15) is 5.75 Å². The summed E-state index contributed by atoms with van der Waals surface area (Å²) in [7, 11) is 0. The number of aryl methyl sites for hydroxylation is 2. The summed E-state index contributed by atoms with van der Waals surface area (Å²) >= 11 is 3.38. The van der Waals surface area contributed by atoms with Gasteiger partial charge in [0.2, 0.25) is 0 Å². The number of aromatic hydroxyl groups is 1. The normalized spacial score (nSPS) is 11.1. The highest BCUT2D eigenvalue weighted by molar-refractivity contribution is 9.10. The van der Waals surface area contributed by atoms with Gasteiger partial charge in [-0.3, -0.25) is 0 Å². The SMILES string of the molecule is CCN(CCCc1ccccc1)CCCc1ccc(O)c(Br)c1. The van der Waals surface area contributed by atoms with E-state index in [4.69, 9.17) is 0 Å². The highest BCUT2D eigenvalue weighted by Gasteiger charge is 2.04. The summed E-state index contributed by atoms with van der Waals surface area (Å²) in [6, 6.07) is 16.5. The van der Waals surface area contributed by atoms with E-state index in [0.717, 1.165) is 43.4 Å². The van der Waals surface area contributed by atoms with Gasteiger partial charge in [0.25, 0.3) is 0 Å². The Bertz CT molecular complexity index is 585. The van der Waals surface area contributed by atoms with Crippen molar-refractivity contribution in [2.24, 2.45) is 0 Å². The molecule has 3 heteroatoms. The fourth-order valence-electron chi connectivity index (χ4n) is 2.79. The third kappa shape index (κ3) is 6.36. The minimum atomic E-state index is 0.310. The van der Waals surface area contributed by atoms with Crippen LogP contribution in [0.3, 0.4) is 0 Å². The lowest BCUT2D eigenvalue weighted by molar-refractivity contribution is 0.281. The summed E-state index contributed by atoms with van der Waals surface area (Å²) < 4.78 is 0.783. The molecule has 2 nitrogen and oxygen atoms in total. The second-order valence-corrected chi connectivity index (χ2v) is 6.77. The van der Waals surface area contributed by atoms with E-state index >= 15 is 0 Å². The molecule has 0 fully saturated rings. The Hall–Kier alpha value is -1.32. The van der Waals surface area contributed by atoms with Crippen LogP contribution in [-0.2, 0) is 12.8 Å². The molecule has 1 N–H and O–H groups in total. The maximum Gasteiger partial charge on any atom is 0.129 e. The molecule has 0 atom stereocenters. The van der Waals surface area contributed by atoms with Gasteiger partial charge in [-0.25, -0.2) is 0 Å². The van der Waals surface area contributed by atoms with Gasteiger partial charge in [-0.1, -0.05) is 43.3 Å². The van der Waals surface area contributed by atoms with E-state index in [1.807, 2.05) is 12.1 Å². The van der Waals surface area contributed by atoms with Gasteiger partial charge >= 0.3 is 0 Å². The van der Waals surface area contributed by atoms with Crippen molar-refractivity contribution < 1.29 is 5.11 Å². The van der Waals surface area contributed by atoms with Crippen molar-refractivity contribution in [1.29, 1.82) is 0 Å². The maximum atomic E-state index is 9.53. The molecule has 0 saturated heterocycles. The fourth-order valence-corrected chi connectivity index (χ4v) is 3.22. The molecule has 23 heavy (non-hydrogen) atoms. The summed E-state index contributed by atoms with van der Waals surface area (Å²) in [5.74, 6) is 0.310. The highest BCUT2D eigenvalue weighted by Crippen LogP contribution is 2.24. The number of phenolic OH excluding ortho intramolecular Hbond substituents is 1. The van der Waals surface area contributed by atoms with Crippen LogP contribution in [-0.4, -0.2) is 29.6 Å². The van der Waals surface area contributed by atoms with Crippen molar-refractivity contribution in [2.75, 3.05) is 19.6 Å². The molecule has 0 radical (unpaired) electrons. The first kappa shape index (κ1) is 18.0. The summed E-state index contributed by atoms with van der Waals surface area (Å²) in [4.78, 5) is 2.53. The number of phenols is 1. The highest BCUT2D eigenvalue weighted by atomic mass is 79.9. The van der Waals surface area contributed by atoms with Crippen LogP contribution < -0.4 is 0 Å². The van der Waals surface area contributed by atoms with Crippen LogP contribution >= 0.6 is 15.9 Å². The molecular weight excluding hydrogens is 350 g/mol. The van der Waals surface area contributed by atoms with E-state index in [9.17, 15) is 5.11 Å². The minimum absolute atomic E-state index is 0.310. The first-order chi connectivity index (χ1) is 11.2. The molecule has 0 amide bonds. The zero-order chi connectivity index (χ0) is 16.5. The van der Waals surface area contributed by atoms with E-state index in [0.29, 0.717) is 5.75 Å². The average Bonchev–Trinajstić information content (AvgIpc) is 2.57.